The Morgan fingerprint density at radius 2 is 2.05 bits per heavy atom. The van der Waals surface area contributed by atoms with E-state index in [-0.39, 0.29) is 0 Å². The zero-order chi connectivity index (χ0) is 13.5. The number of rotatable bonds is 7. The van der Waals surface area contributed by atoms with Crippen LogP contribution in [0.25, 0.3) is 5.69 Å². The zero-order valence-electron chi connectivity index (χ0n) is 10.9. The Kier molecular flexibility index (Phi) is 5.66. The van der Waals surface area contributed by atoms with Crippen LogP contribution in [0.4, 0.5) is 0 Å². The van der Waals surface area contributed by atoms with Gasteiger partial charge in [0.25, 0.3) is 0 Å². The van der Waals surface area contributed by atoms with Crippen LogP contribution in [0.3, 0.4) is 0 Å². The molecule has 0 saturated carbocycles. The minimum absolute atomic E-state index is 0.644. The van der Waals surface area contributed by atoms with Crippen LogP contribution < -0.4 is 0 Å². The van der Waals surface area contributed by atoms with Gasteiger partial charge in [0.15, 0.2) is 0 Å². The molecule has 6 heteroatoms. The van der Waals surface area contributed by atoms with Gasteiger partial charge in [0.2, 0.25) is 5.16 Å². The van der Waals surface area contributed by atoms with Gasteiger partial charge in [-0.2, -0.15) is 4.68 Å². The molecule has 0 bridgehead atoms. The summed E-state index contributed by atoms with van der Waals surface area (Å²) in [7, 11) is 0. The van der Waals surface area contributed by atoms with Gasteiger partial charge < -0.3 is 0 Å². The highest BCUT2D eigenvalue weighted by molar-refractivity contribution is 7.99. The highest BCUT2D eigenvalue weighted by Crippen LogP contribution is 2.21. The summed E-state index contributed by atoms with van der Waals surface area (Å²) in [5.41, 5.74) is 0.990. The molecular formula is C13H17ClN4S. The van der Waals surface area contributed by atoms with Gasteiger partial charge in [0.1, 0.15) is 0 Å². The van der Waals surface area contributed by atoms with Gasteiger partial charge in [-0.25, -0.2) is 0 Å². The predicted molar refractivity (Wildman–Crippen MR) is 79.0 cm³/mol. The quantitative estimate of drug-likeness (QED) is 0.580. The number of hydrogen-bond acceptors (Lipinski definition) is 4. The molecule has 0 amide bonds. The fraction of sp³-hybridized carbons (Fsp3) is 0.462. The fourth-order valence-electron chi connectivity index (χ4n) is 1.68. The van der Waals surface area contributed by atoms with Crippen molar-refractivity contribution < 1.29 is 0 Å². The highest BCUT2D eigenvalue weighted by Gasteiger charge is 2.09. The molecular weight excluding hydrogens is 280 g/mol. The molecule has 1 aromatic carbocycles. The molecule has 0 saturated heterocycles. The monoisotopic (exact) mass is 296 g/mol. The largest absolute Gasteiger partial charge is 0.214 e. The number of thioether (sulfide) groups is 1. The fourth-order valence-corrected chi connectivity index (χ4v) is 3.12. The van der Waals surface area contributed by atoms with Crippen molar-refractivity contribution >= 4 is 23.4 Å². The summed E-state index contributed by atoms with van der Waals surface area (Å²) in [6.45, 7) is 2.23. The lowest BCUT2D eigenvalue weighted by Crippen LogP contribution is -2.01. The van der Waals surface area contributed by atoms with Crippen molar-refractivity contribution in [3.63, 3.8) is 0 Å². The van der Waals surface area contributed by atoms with E-state index in [4.69, 9.17) is 11.6 Å². The Balaban J connectivity index is 1.94. The summed E-state index contributed by atoms with van der Waals surface area (Å²) >= 11 is 7.42. The molecule has 0 fully saturated rings. The molecule has 102 valence electrons. The molecule has 1 unspecified atom stereocenters. The molecule has 0 aliphatic heterocycles. The second-order valence-corrected chi connectivity index (χ2v) is 5.87. The van der Waals surface area contributed by atoms with Gasteiger partial charge in [-0.05, 0) is 41.3 Å². The number of para-hydroxylation sites is 1. The van der Waals surface area contributed by atoms with Crippen LogP contribution in [0.2, 0.25) is 0 Å². The molecule has 1 aromatic heterocycles. The standard InChI is InChI=1S/C13H17ClN4S/c1-11(7-9-14)8-10-19-13-15-16-17-18(13)12-5-3-2-4-6-12/h2-6,11H,7-10H2,1H3. The summed E-state index contributed by atoms with van der Waals surface area (Å²) in [6.07, 6.45) is 2.19. The third kappa shape index (κ3) is 4.21. The van der Waals surface area contributed by atoms with Crippen LogP contribution in [0.15, 0.2) is 35.5 Å². The van der Waals surface area contributed by atoms with Crippen LogP contribution in [0, 0.1) is 5.92 Å². The van der Waals surface area contributed by atoms with E-state index in [2.05, 4.69) is 22.4 Å². The first-order chi connectivity index (χ1) is 9.31. The molecule has 0 N–H and O–H groups in total. The van der Waals surface area contributed by atoms with Crippen molar-refractivity contribution in [1.29, 1.82) is 0 Å². The average molecular weight is 297 g/mol. The third-order valence-electron chi connectivity index (χ3n) is 2.89. The van der Waals surface area contributed by atoms with Crippen molar-refractivity contribution in [3.8, 4) is 5.69 Å². The molecule has 0 radical (unpaired) electrons. The number of benzene rings is 1. The average Bonchev–Trinajstić information content (AvgIpc) is 2.88. The molecule has 0 spiro atoms. The molecule has 4 nitrogen and oxygen atoms in total. The first-order valence-electron chi connectivity index (χ1n) is 6.34. The summed E-state index contributed by atoms with van der Waals surface area (Å²) in [6, 6.07) is 9.93. The van der Waals surface area contributed by atoms with E-state index >= 15 is 0 Å². The Bertz CT molecular complexity index is 488. The lowest BCUT2D eigenvalue weighted by molar-refractivity contribution is 0.551. The minimum Gasteiger partial charge on any atom is -0.188 e. The van der Waals surface area contributed by atoms with Crippen LogP contribution in [0.5, 0.6) is 0 Å². The number of hydrogen-bond donors (Lipinski definition) is 0. The van der Waals surface area contributed by atoms with Crippen molar-refractivity contribution in [2.75, 3.05) is 11.6 Å². The van der Waals surface area contributed by atoms with Gasteiger partial charge in [0, 0.05) is 11.6 Å². The first kappa shape index (κ1) is 14.3. The maximum Gasteiger partial charge on any atom is 0.214 e. The smallest absolute Gasteiger partial charge is 0.188 e. The van der Waals surface area contributed by atoms with Gasteiger partial charge in [-0.15, -0.1) is 16.7 Å². The van der Waals surface area contributed by atoms with E-state index in [0.29, 0.717) is 5.92 Å². The van der Waals surface area contributed by atoms with E-state index in [1.54, 1.807) is 16.4 Å². The lowest BCUT2D eigenvalue weighted by atomic mass is 10.1. The number of aromatic nitrogens is 4. The van der Waals surface area contributed by atoms with E-state index < -0.39 is 0 Å². The van der Waals surface area contributed by atoms with Crippen molar-refractivity contribution in [2.45, 2.75) is 24.9 Å². The Morgan fingerprint density at radius 1 is 1.26 bits per heavy atom. The lowest BCUT2D eigenvalue weighted by Gasteiger charge is -2.08. The minimum atomic E-state index is 0.644. The van der Waals surface area contributed by atoms with E-state index in [9.17, 15) is 0 Å². The van der Waals surface area contributed by atoms with E-state index in [1.807, 2.05) is 30.3 Å². The van der Waals surface area contributed by atoms with Crippen LogP contribution in [0.1, 0.15) is 19.8 Å². The summed E-state index contributed by atoms with van der Waals surface area (Å²) in [5, 5.41) is 12.7. The second kappa shape index (κ2) is 7.50. The zero-order valence-corrected chi connectivity index (χ0v) is 12.4. The van der Waals surface area contributed by atoms with Gasteiger partial charge in [-0.3, -0.25) is 0 Å². The summed E-state index contributed by atoms with van der Waals surface area (Å²) in [4.78, 5) is 0. The number of nitrogens with zero attached hydrogens (tertiary/aromatic N) is 4. The van der Waals surface area contributed by atoms with Gasteiger partial charge in [0.05, 0.1) is 5.69 Å². The Hall–Kier alpha value is -1.07. The normalized spacial score (nSPS) is 12.5. The van der Waals surface area contributed by atoms with Crippen molar-refractivity contribution in [3.05, 3.63) is 30.3 Å². The SMILES string of the molecule is CC(CCCl)CCSc1nnnn1-c1ccccc1. The molecule has 2 rings (SSSR count). The maximum absolute atomic E-state index is 5.74. The van der Waals surface area contributed by atoms with Crippen LogP contribution >= 0.6 is 23.4 Å². The second-order valence-electron chi connectivity index (χ2n) is 4.43. The van der Waals surface area contributed by atoms with Crippen LogP contribution in [-0.4, -0.2) is 31.8 Å². The maximum atomic E-state index is 5.74. The van der Waals surface area contributed by atoms with Gasteiger partial charge in [-0.1, -0.05) is 36.9 Å². The van der Waals surface area contributed by atoms with Crippen molar-refractivity contribution in [2.24, 2.45) is 5.92 Å². The molecule has 1 heterocycles. The number of halogens is 1. The highest BCUT2D eigenvalue weighted by atomic mass is 35.5. The summed E-state index contributed by atoms with van der Waals surface area (Å²) < 4.78 is 1.77. The predicted octanol–water partition coefficient (Wildman–Crippen LogP) is 3.41. The Labute approximate surface area is 122 Å². The first-order valence-corrected chi connectivity index (χ1v) is 7.86. The molecule has 19 heavy (non-hydrogen) atoms. The van der Waals surface area contributed by atoms with Gasteiger partial charge >= 0.3 is 0 Å². The van der Waals surface area contributed by atoms with E-state index in [0.717, 1.165) is 35.3 Å². The van der Waals surface area contributed by atoms with Crippen molar-refractivity contribution in [1.82, 2.24) is 20.2 Å². The third-order valence-corrected chi connectivity index (χ3v) is 4.06. The molecule has 0 aliphatic carbocycles. The summed E-state index contributed by atoms with van der Waals surface area (Å²) in [5.74, 6) is 2.38. The molecule has 2 aromatic rings. The molecule has 1 atom stereocenters. The topological polar surface area (TPSA) is 43.6 Å². The van der Waals surface area contributed by atoms with Crippen LogP contribution in [-0.2, 0) is 0 Å². The van der Waals surface area contributed by atoms with E-state index in [1.165, 1.54) is 0 Å². The molecule has 0 aliphatic rings. The number of tetrazole rings is 1. The number of alkyl halides is 1. The Morgan fingerprint density at radius 3 is 2.79 bits per heavy atom.